The first kappa shape index (κ1) is 18.0. The molecule has 2 aromatic carbocycles. The van der Waals surface area contributed by atoms with E-state index in [2.05, 4.69) is 20.6 Å². The molecule has 0 aliphatic carbocycles. The van der Waals surface area contributed by atoms with E-state index in [1.165, 1.54) is 12.4 Å². The first-order valence-corrected chi connectivity index (χ1v) is 8.30. The Morgan fingerprint density at radius 3 is 2.54 bits per heavy atom. The number of amides is 1. The molecule has 0 radical (unpaired) electrons. The largest absolute Gasteiger partial charge is 0.497 e. The molecule has 1 heterocycles. The van der Waals surface area contributed by atoms with Gasteiger partial charge in [0.15, 0.2) is 0 Å². The van der Waals surface area contributed by atoms with Gasteiger partial charge in [0.05, 0.1) is 29.5 Å². The summed E-state index contributed by atoms with van der Waals surface area (Å²) in [6.45, 7) is 0. The molecule has 0 saturated heterocycles. The lowest BCUT2D eigenvalue weighted by Gasteiger charge is -2.08. The number of halogens is 2. The van der Waals surface area contributed by atoms with Gasteiger partial charge in [-0.1, -0.05) is 29.3 Å². The summed E-state index contributed by atoms with van der Waals surface area (Å²) in [7, 11) is 1.56. The van der Waals surface area contributed by atoms with Crippen molar-refractivity contribution in [2.75, 3.05) is 17.7 Å². The molecule has 2 N–H and O–H groups in total. The molecule has 0 spiro atoms. The van der Waals surface area contributed by atoms with Crippen molar-refractivity contribution in [2.24, 2.45) is 0 Å². The maximum Gasteiger partial charge on any atom is 0.275 e. The van der Waals surface area contributed by atoms with Gasteiger partial charge in [-0.3, -0.25) is 4.79 Å². The minimum atomic E-state index is -0.369. The molecule has 0 aliphatic heterocycles. The van der Waals surface area contributed by atoms with Crippen molar-refractivity contribution in [3.8, 4) is 5.75 Å². The van der Waals surface area contributed by atoms with Gasteiger partial charge in [0.2, 0.25) is 0 Å². The van der Waals surface area contributed by atoms with E-state index < -0.39 is 0 Å². The molecule has 0 bridgehead atoms. The number of carbonyl (C=O) groups excluding carboxylic acids is 1. The first-order valence-electron chi connectivity index (χ1n) is 7.54. The zero-order valence-corrected chi connectivity index (χ0v) is 15.2. The standard InChI is InChI=1S/C18H14Cl2N4O2/c1-26-13-4-2-3-11(7-13)24-18(25)16-9-22-17(10-21-16)23-12-5-6-14(19)15(20)8-12/h2-10H,1H3,(H,22,23)(H,24,25). The number of rotatable bonds is 5. The Balaban J connectivity index is 1.68. The average molecular weight is 389 g/mol. The summed E-state index contributed by atoms with van der Waals surface area (Å²) in [6, 6.07) is 12.2. The second-order valence-electron chi connectivity index (χ2n) is 5.23. The Morgan fingerprint density at radius 1 is 1.00 bits per heavy atom. The number of carbonyl (C=O) groups is 1. The third-order valence-corrected chi connectivity index (χ3v) is 4.14. The van der Waals surface area contributed by atoms with E-state index in [0.717, 1.165) is 0 Å². The Bertz CT molecular complexity index is 933. The van der Waals surface area contributed by atoms with Crippen LogP contribution in [0.3, 0.4) is 0 Å². The lowest BCUT2D eigenvalue weighted by molar-refractivity contribution is 0.102. The van der Waals surface area contributed by atoms with Gasteiger partial charge in [0.25, 0.3) is 5.91 Å². The number of anilines is 3. The Labute approximate surface area is 160 Å². The van der Waals surface area contributed by atoms with Crippen LogP contribution in [0.15, 0.2) is 54.9 Å². The average Bonchev–Trinajstić information content (AvgIpc) is 2.65. The molecule has 1 amide bonds. The highest BCUT2D eigenvalue weighted by atomic mass is 35.5. The van der Waals surface area contributed by atoms with Gasteiger partial charge in [-0.2, -0.15) is 0 Å². The zero-order valence-electron chi connectivity index (χ0n) is 13.7. The number of benzene rings is 2. The number of nitrogens with zero attached hydrogens (tertiary/aromatic N) is 2. The smallest absolute Gasteiger partial charge is 0.275 e. The predicted molar refractivity (Wildman–Crippen MR) is 103 cm³/mol. The van der Waals surface area contributed by atoms with Gasteiger partial charge in [-0.15, -0.1) is 0 Å². The number of methoxy groups -OCH3 is 1. The Kier molecular flexibility index (Phi) is 5.55. The summed E-state index contributed by atoms with van der Waals surface area (Å²) in [5.41, 5.74) is 1.50. The van der Waals surface area contributed by atoms with Crippen LogP contribution in [0.5, 0.6) is 5.75 Å². The van der Waals surface area contributed by atoms with Crippen molar-refractivity contribution in [1.29, 1.82) is 0 Å². The van der Waals surface area contributed by atoms with Gasteiger partial charge in [0.1, 0.15) is 17.3 Å². The second kappa shape index (κ2) is 8.03. The van der Waals surface area contributed by atoms with Gasteiger partial charge in [-0.05, 0) is 30.3 Å². The summed E-state index contributed by atoms with van der Waals surface area (Å²) in [6.07, 6.45) is 2.85. The lowest BCUT2D eigenvalue weighted by Crippen LogP contribution is -2.14. The maximum atomic E-state index is 12.3. The molecule has 3 aromatic rings. The third kappa shape index (κ3) is 4.41. The molecule has 6 nitrogen and oxygen atoms in total. The topological polar surface area (TPSA) is 76.1 Å². The molecular weight excluding hydrogens is 375 g/mol. The normalized spacial score (nSPS) is 10.3. The first-order chi connectivity index (χ1) is 12.5. The van der Waals surface area contributed by atoms with Crippen molar-refractivity contribution >= 4 is 46.3 Å². The van der Waals surface area contributed by atoms with Crippen molar-refractivity contribution in [1.82, 2.24) is 9.97 Å². The van der Waals surface area contributed by atoms with Crippen molar-refractivity contribution in [2.45, 2.75) is 0 Å². The molecule has 132 valence electrons. The van der Waals surface area contributed by atoms with E-state index in [0.29, 0.717) is 33.0 Å². The third-order valence-electron chi connectivity index (χ3n) is 3.40. The highest BCUT2D eigenvalue weighted by Crippen LogP contribution is 2.26. The molecule has 3 rings (SSSR count). The Morgan fingerprint density at radius 2 is 1.85 bits per heavy atom. The molecule has 0 saturated carbocycles. The molecule has 0 fully saturated rings. The SMILES string of the molecule is COc1cccc(NC(=O)c2cnc(Nc3ccc(Cl)c(Cl)c3)cn2)c1. The maximum absolute atomic E-state index is 12.3. The van der Waals surface area contributed by atoms with Gasteiger partial charge >= 0.3 is 0 Å². The van der Waals surface area contributed by atoms with Gasteiger partial charge in [-0.25, -0.2) is 9.97 Å². The number of ether oxygens (including phenoxy) is 1. The molecule has 26 heavy (non-hydrogen) atoms. The van der Waals surface area contributed by atoms with Crippen molar-refractivity contribution in [3.05, 3.63) is 70.6 Å². The van der Waals surface area contributed by atoms with Crippen LogP contribution < -0.4 is 15.4 Å². The molecule has 0 atom stereocenters. The Hall–Kier alpha value is -2.83. The van der Waals surface area contributed by atoms with E-state index in [9.17, 15) is 4.79 Å². The van der Waals surface area contributed by atoms with Crippen LogP contribution in [0.2, 0.25) is 10.0 Å². The van der Waals surface area contributed by atoms with E-state index in [1.807, 2.05) is 0 Å². The van der Waals surface area contributed by atoms with E-state index in [4.69, 9.17) is 27.9 Å². The number of hydrogen-bond donors (Lipinski definition) is 2. The number of nitrogens with one attached hydrogen (secondary N) is 2. The number of aromatic nitrogens is 2. The zero-order chi connectivity index (χ0) is 18.5. The molecule has 8 heteroatoms. The minimum absolute atomic E-state index is 0.188. The molecule has 0 aliphatic rings. The summed E-state index contributed by atoms with van der Waals surface area (Å²) in [5, 5.41) is 6.67. The van der Waals surface area contributed by atoms with E-state index in [-0.39, 0.29) is 11.6 Å². The van der Waals surface area contributed by atoms with Crippen LogP contribution in [-0.4, -0.2) is 23.0 Å². The highest BCUT2D eigenvalue weighted by molar-refractivity contribution is 6.42. The van der Waals surface area contributed by atoms with Crippen molar-refractivity contribution in [3.63, 3.8) is 0 Å². The summed E-state index contributed by atoms with van der Waals surface area (Å²) in [5.74, 6) is 0.753. The highest BCUT2D eigenvalue weighted by Gasteiger charge is 2.09. The monoisotopic (exact) mass is 388 g/mol. The fraction of sp³-hybridized carbons (Fsp3) is 0.0556. The van der Waals surface area contributed by atoms with Crippen LogP contribution in [0.25, 0.3) is 0 Å². The fourth-order valence-electron chi connectivity index (χ4n) is 2.13. The quantitative estimate of drug-likeness (QED) is 0.656. The van der Waals surface area contributed by atoms with Crippen LogP contribution in [0, 0.1) is 0 Å². The van der Waals surface area contributed by atoms with Crippen LogP contribution >= 0.6 is 23.2 Å². The number of hydrogen-bond acceptors (Lipinski definition) is 5. The molecule has 0 unspecified atom stereocenters. The second-order valence-corrected chi connectivity index (χ2v) is 6.04. The summed E-state index contributed by atoms with van der Waals surface area (Å²) in [4.78, 5) is 20.6. The van der Waals surface area contributed by atoms with Crippen LogP contribution in [0.1, 0.15) is 10.5 Å². The van der Waals surface area contributed by atoms with E-state index >= 15 is 0 Å². The lowest BCUT2D eigenvalue weighted by atomic mass is 10.3. The van der Waals surface area contributed by atoms with Crippen LogP contribution in [-0.2, 0) is 0 Å². The van der Waals surface area contributed by atoms with Gasteiger partial charge < -0.3 is 15.4 Å². The fourth-order valence-corrected chi connectivity index (χ4v) is 2.43. The summed E-state index contributed by atoms with van der Waals surface area (Å²) >= 11 is 11.9. The van der Waals surface area contributed by atoms with Gasteiger partial charge in [0, 0.05) is 17.4 Å². The molecule has 1 aromatic heterocycles. The van der Waals surface area contributed by atoms with Crippen molar-refractivity contribution < 1.29 is 9.53 Å². The van der Waals surface area contributed by atoms with E-state index in [1.54, 1.807) is 49.6 Å². The van der Waals surface area contributed by atoms with Crippen LogP contribution in [0.4, 0.5) is 17.2 Å². The minimum Gasteiger partial charge on any atom is -0.497 e. The predicted octanol–water partition coefficient (Wildman–Crippen LogP) is 4.79. The summed E-state index contributed by atoms with van der Waals surface area (Å²) < 4.78 is 5.12. The molecular formula is C18H14Cl2N4O2.